The van der Waals surface area contributed by atoms with Crippen molar-refractivity contribution in [1.82, 2.24) is 4.98 Å². The van der Waals surface area contributed by atoms with Crippen molar-refractivity contribution in [2.45, 2.75) is 57.8 Å². The van der Waals surface area contributed by atoms with E-state index in [0.717, 1.165) is 24.1 Å². The van der Waals surface area contributed by atoms with Crippen molar-refractivity contribution < 1.29 is 18.8 Å². The lowest BCUT2D eigenvalue weighted by Gasteiger charge is -2.32. The van der Waals surface area contributed by atoms with Gasteiger partial charge in [0.25, 0.3) is 0 Å². The summed E-state index contributed by atoms with van der Waals surface area (Å²) < 4.78 is 23.6. The summed E-state index contributed by atoms with van der Waals surface area (Å²) in [5.41, 5.74) is -0.0735. The second kappa shape index (κ2) is 4.88. The molecule has 0 spiro atoms. The normalized spacial score (nSPS) is 23.2. The molecule has 0 bridgehead atoms. The van der Waals surface area contributed by atoms with Gasteiger partial charge in [0.2, 0.25) is 5.88 Å². The monoisotopic (exact) mass is 291 g/mol. The van der Waals surface area contributed by atoms with E-state index in [0.29, 0.717) is 12.0 Å². The molecule has 2 aliphatic rings. The zero-order chi connectivity index (χ0) is 15.3. The van der Waals surface area contributed by atoms with Crippen molar-refractivity contribution in [3.05, 3.63) is 12.3 Å². The Hall–Kier alpha value is -1.27. The van der Waals surface area contributed by atoms with Gasteiger partial charge in [-0.05, 0) is 46.6 Å². The van der Waals surface area contributed by atoms with E-state index in [1.807, 2.05) is 33.8 Å². The molecule has 1 aliphatic carbocycles. The van der Waals surface area contributed by atoms with E-state index in [-0.39, 0.29) is 0 Å². The second-order valence-electron chi connectivity index (χ2n) is 6.64. The Morgan fingerprint density at radius 3 is 2.33 bits per heavy atom. The van der Waals surface area contributed by atoms with Gasteiger partial charge in [-0.1, -0.05) is 0 Å². The van der Waals surface area contributed by atoms with Crippen LogP contribution in [0.3, 0.4) is 0 Å². The van der Waals surface area contributed by atoms with Gasteiger partial charge in [-0.3, -0.25) is 0 Å². The molecule has 0 radical (unpaired) electrons. The van der Waals surface area contributed by atoms with E-state index in [9.17, 15) is 0 Å². The molecule has 0 unspecified atom stereocenters. The molecule has 0 atom stereocenters. The summed E-state index contributed by atoms with van der Waals surface area (Å²) in [6, 6.07) is 1.85. The van der Waals surface area contributed by atoms with E-state index in [4.69, 9.17) is 18.8 Å². The quantitative estimate of drug-likeness (QED) is 0.793. The van der Waals surface area contributed by atoms with Crippen molar-refractivity contribution in [2.75, 3.05) is 7.11 Å². The largest absolute Gasteiger partial charge is 0.504 e. The Morgan fingerprint density at radius 2 is 1.81 bits per heavy atom. The van der Waals surface area contributed by atoms with Crippen LogP contribution in [-0.4, -0.2) is 36.5 Å². The van der Waals surface area contributed by atoms with Gasteiger partial charge >= 0.3 is 7.12 Å². The Kier molecular flexibility index (Phi) is 3.41. The number of hydrogen-bond acceptors (Lipinski definition) is 5. The molecule has 114 valence electrons. The minimum atomic E-state index is -0.535. The minimum Gasteiger partial charge on any atom is -0.491 e. The fraction of sp³-hybridized carbons (Fsp3) is 0.667. The van der Waals surface area contributed by atoms with E-state index in [1.54, 1.807) is 13.3 Å². The van der Waals surface area contributed by atoms with Crippen LogP contribution in [0.5, 0.6) is 11.6 Å². The van der Waals surface area contributed by atoms with Gasteiger partial charge in [-0.25, -0.2) is 4.98 Å². The Balaban J connectivity index is 1.97. The summed E-state index contributed by atoms with van der Waals surface area (Å²) in [7, 11) is 1.06. The first-order valence-electron chi connectivity index (χ1n) is 7.39. The van der Waals surface area contributed by atoms with E-state index in [1.165, 1.54) is 0 Å². The summed E-state index contributed by atoms with van der Waals surface area (Å²) in [6.45, 7) is 8.10. The Morgan fingerprint density at radius 1 is 1.19 bits per heavy atom. The number of hydrogen-bond donors (Lipinski definition) is 0. The average Bonchev–Trinajstić information content (AvgIpc) is 3.17. The first-order valence-corrected chi connectivity index (χ1v) is 7.39. The van der Waals surface area contributed by atoms with Crippen LogP contribution in [0.25, 0.3) is 0 Å². The van der Waals surface area contributed by atoms with Crippen LogP contribution < -0.4 is 14.9 Å². The summed E-state index contributed by atoms with van der Waals surface area (Å²) in [5.74, 6) is 1.23. The van der Waals surface area contributed by atoms with E-state index < -0.39 is 18.3 Å². The number of nitrogens with zero attached hydrogens (tertiary/aromatic N) is 1. The Labute approximate surface area is 126 Å². The highest BCUT2D eigenvalue weighted by atomic mass is 16.7. The third kappa shape index (κ3) is 2.62. The maximum atomic E-state index is 6.11. The molecular formula is C15H22BNO4. The molecule has 1 saturated heterocycles. The fourth-order valence-corrected chi connectivity index (χ4v) is 2.25. The van der Waals surface area contributed by atoms with Gasteiger partial charge in [0, 0.05) is 6.20 Å². The van der Waals surface area contributed by atoms with Gasteiger partial charge < -0.3 is 18.8 Å². The SMILES string of the molecule is COc1nccc(OC2CC2)c1B1OC(C)(C)C(C)(C)O1. The number of pyridine rings is 1. The lowest BCUT2D eigenvalue weighted by atomic mass is 9.79. The van der Waals surface area contributed by atoms with Crippen molar-refractivity contribution in [1.29, 1.82) is 0 Å². The van der Waals surface area contributed by atoms with Crippen LogP contribution in [0.2, 0.25) is 0 Å². The maximum Gasteiger partial charge on any atom is 0.504 e. The second-order valence-corrected chi connectivity index (χ2v) is 6.64. The highest BCUT2D eigenvalue weighted by Gasteiger charge is 2.53. The molecule has 1 aromatic heterocycles. The average molecular weight is 291 g/mol. The zero-order valence-corrected chi connectivity index (χ0v) is 13.3. The summed E-state index contributed by atoms with van der Waals surface area (Å²) in [6.07, 6.45) is 4.16. The molecule has 1 aliphatic heterocycles. The van der Waals surface area contributed by atoms with E-state index >= 15 is 0 Å². The number of rotatable bonds is 4. The third-order valence-corrected chi connectivity index (χ3v) is 4.41. The van der Waals surface area contributed by atoms with Crippen molar-refractivity contribution in [3.63, 3.8) is 0 Å². The molecule has 6 heteroatoms. The van der Waals surface area contributed by atoms with Crippen LogP contribution in [0.4, 0.5) is 0 Å². The minimum absolute atomic E-state index is 0.290. The van der Waals surface area contributed by atoms with Crippen LogP contribution in [0.1, 0.15) is 40.5 Å². The molecule has 0 N–H and O–H groups in total. The smallest absolute Gasteiger partial charge is 0.491 e. The highest BCUT2D eigenvalue weighted by molar-refractivity contribution is 6.64. The number of ether oxygens (including phenoxy) is 2. The van der Waals surface area contributed by atoms with Crippen LogP contribution in [-0.2, 0) is 9.31 Å². The molecule has 1 saturated carbocycles. The van der Waals surface area contributed by atoms with Crippen molar-refractivity contribution >= 4 is 12.6 Å². The lowest BCUT2D eigenvalue weighted by molar-refractivity contribution is 0.00578. The molecule has 3 rings (SSSR count). The summed E-state index contributed by atoms with van der Waals surface area (Å²) >= 11 is 0. The predicted octanol–water partition coefficient (Wildman–Crippen LogP) is 1.93. The molecule has 2 heterocycles. The molecule has 5 nitrogen and oxygen atoms in total. The van der Waals surface area contributed by atoms with Crippen LogP contribution in [0.15, 0.2) is 12.3 Å². The maximum absolute atomic E-state index is 6.11. The standard InChI is InChI=1S/C15H22BNO4/c1-14(2)15(3,4)21-16(20-14)12-11(19-10-6-7-10)8-9-17-13(12)18-5/h8-10H,6-7H2,1-5H3. The fourth-order valence-electron chi connectivity index (χ4n) is 2.25. The molecule has 2 fully saturated rings. The first-order chi connectivity index (χ1) is 9.84. The zero-order valence-electron chi connectivity index (χ0n) is 13.3. The summed E-state index contributed by atoms with van der Waals surface area (Å²) in [5, 5.41) is 0. The molecule has 0 amide bonds. The van der Waals surface area contributed by atoms with Crippen LogP contribution in [0, 0.1) is 0 Å². The number of methoxy groups -OCH3 is 1. The van der Waals surface area contributed by atoms with Crippen LogP contribution >= 0.6 is 0 Å². The van der Waals surface area contributed by atoms with Gasteiger partial charge in [-0.15, -0.1) is 0 Å². The number of aromatic nitrogens is 1. The van der Waals surface area contributed by atoms with Crippen molar-refractivity contribution in [3.8, 4) is 11.6 Å². The highest BCUT2D eigenvalue weighted by Crippen LogP contribution is 2.38. The van der Waals surface area contributed by atoms with Gasteiger partial charge in [-0.2, -0.15) is 0 Å². The Bertz CT molecular complexity index is 526. The van der Waals surface area contributed by atoms with E-state index in [2.05, 4.69) is 4.98 Å². The van der Waals surface area contributed by atoms with Gasteiger partial charge in [0.15, 0.2) is 0 Å². The summed E-state index contributed by atoms with van der Waals surface area (Å²) in [4.78, 5) is 4.26. The first kappa shape index (κ1) is 14.7. The lowest BCUT2D eigenvalue weighted by Crippen LogP contribution is -2.41. The molecule has 1 aromatic rings. The van der Waals surface area contributed by atoms with Gasteiger partial charge in [0.1, 0.15) is 5.75 Å². The predicted molar refractivity (Wildman–Crippen MR) is 80.2 cm³/mol. The molecular weight excluding hydrogens is 269 g/mol. The third-order valence-electron chi connectivity index (χ3n) is 4.41. The molecule has 0 aromatic carbocycles. The molecule has 21 heavy (non-hydrogen) atoms. The van der Waals surface area contributed by atoms with Crippen molar-refractivity contribution in [2.24, 2.45) is 0 Å². The van der Waals surface area contributed by atoms with Gasteiger partial charge in [0.05, 0.1) is 29.9 Å². The topological polar surface area (TPSA) is 49.8 Å².